The zero-order chi connectivity index (χ0) is 15.6. The molecule has 2 aromatic rings. The van der Waals surface area contributed by atoms with Crippen molar-refractivity contribution in [2.24, 2.45) is 11.1 Å². The highest BCUT2D eigenvalue weighted by Crippen LogP contribution is 2.38. The van der Waals surface area contributed by atoms with E-state index in [0.717, 1.165) is 47.6 Å². The van der Waals surface area contributed by atoms with Gasteiger partial charge in [0, 0.05) is 23.2 Å². The molecule has 1 saturated carbocycles. The third-order valence-corrected chi connectivity index (χ3v) is 5.24. The molecule has 3 rings (SSSR count). The molecule has 1 aromatic carbocycles. The van der Waals surface area contributed by atoms with Crippen molar-refractivity contribution < 1.29 is 4.79 Å². The molecule has 1 heterocycles. The van der Waals surface area contributed by atoms with Gasteiger partial charge in [0.25, 0.3) is 0 Å². The van der Waals surface area contributed by atoms with Crippen LogP contribution in [-0.2, 0) is 4.79 Å². The number of hydrogen-bond acceptors (Lipinski definition) is 4. The van der Waals surface area contributed by atoms with Gasteiger partial charge < -0.3 is 11.1 Å². The third-order valence-electron chi connectivity index (χ3n) is 4.47. The lowest BCUT2D eigenvalue weighted by Crippen LogP contribution is -2.40. The second-order valence-electron chi connectivity index (χ2n) is 5.98. The summed E-state index contributed by atoms with van der Waals surface area (Å²) < 4.78 is 0. The van der Waals surface area contributed by atoms with E-state index >= 15 is 0 Å². The molecule has 1 aromatic heterocycles. The SMILES string of the molecule is Cc1nc(-c2cccc(NC(=O)C3(CN)CCCC3)c2)cs1. The van der Waals surface area contributed by atoms with Crippen molar-refractivity contribution in [3.63, 3.8) is 0 Å². The Bertz CT molecular complexity index is 674. The summed E-state index contributed by atoms with van der Waals surface area (Å²) in [6.07, 6.45) is 3.95. The fraction of sp³-hybridized carbons (Fsp3) is 0.412. The zero-order valence-electron chi connectivity index (χ0n) is 12.8. The van der Waals surface area contributed by atoms with Crippen LogP contribution < -0.4 is 11.1 Å². The predicted octanol–water partition coefficient (Wildman–Crippen LogP) is 3.58. The molecule has 1 fully saturated rings. The second kappa shape index (κ2) is 6.18. The van der Waals surface area contributed by atoms with Crippen LogP contribution in [0.25, 0.3) is 11.3 Å². The van der Waals surface area contributed by atoms with Crippen LogP contribution >= 0.6 is 11.3 Å². The topological polar surface area (TPSA) is 68.0 Å². The van der Waals surface area contributed by atoms with E-state index in [9.17, 15) is 4.79 Å². The highest BCUT2D eigenvalue weighted by atomic mass is 32.1. The molecule has 3 N–H and O–H groups in total. The van der Waals surface area contributed by atoms with E-state index in [1.807, 2.05) is 36.6 Å². The number of carbonyl (C=O) groups is 1. The monoisotopic (exact) mass is 315 g/mol. The van der Waals surface area contributed by atoms with Crippen LogP contribution in [0.3, 0.4) is 0 Å². The lowest BCUT2D eigenvalue weighted by atomic mass is 9.85. The van der Waals surface area contributed by atoms with Crippen LogP contribution in [0.15, 0.2) is 29.6 Å². The molecule has 1 aliphatic rings. The van der Waals surface area contributed by atoms with Crippen molar-refractivity contribution in [1.29, 1.82) is 0 Å². The van der Waals surface area contributed by atoms with Gasteiger partial charge in [0.15, 0.2) is 0 Å². The van der Waals surface area contributed by atoms with E-state index in [4.69, 9.17) is 5.73 Å². The van der Waals surface area contributed by atoms with E-state index < -0.39 is 0 Å². The number of rotatable bonds is 4. The summed E-state index contributed by atoms with van der Waals surface area (Å²) in [7, 11) is 0. The average Bonchev–Trinajstić information content (AvgIpc) is 3.17. The number of nitrogens with one attached hydrogen (secondary N) is 1. The molecule has 116 valence electrons. The van der Waals surface area contributed by atoms with Gasteiger partial charge in [0.05, 0.1) is 16.1 Å². The maximum atomic E-state index is 12.6. The average molecular weight is 315 g/mol. The highest BCUT2D eigenvalue weighted by molar-refractivity contribution is 7.09. The van der Waals surface area contributed by atoms with Gasteiger partial charge in [-0.15, -0.1) is 11.3 Å². The first-order valence-corrected chi connectivity index (χ1v) is 8.55. The Kier molecular flexibility index (Phi) is 4.27. The molecule has 1 amide bonds. The third kappa shape index (κ3) is 2.91. The van der Waals surface area contributed by atoms with Crippen LogP contribution in [0.4, 0.5) is 5.69 Å². The summed E-state index contributed by atoms with van der Waals surface area (Å²) in [5.41, 5.74) is 8.28. The van der Waals surface area contributed by atoms with Crippen molar-refractivity contribution in [1.82, 2.24) is 4.98 Å². The van der Waals surface area contributed by atoms with Crippen molar-refractivity contribution >= 4 is 22.9 Å². The molecule has 0 atom stereocenters. The molecule has 22 heavy (non-hydrogen) atoms. The summed E-state index contributed by atoms with van der Waals surface area (Å²) in [4.78, 5) is 17.1. The quantitative estimate of drug-likeness (QED) is 0.906. The lowest BCUT2D eigenvalue weighted by Gasteiger charge is -2.25. The van der Waals surface area contributed by atoms with Gasteiger partial charge >= 0.3 is 0 Å². The Morgan fingerprint density at radius 3 is 2.82 bits per heavy atom. The number of aryl methyl sites for hydroxylation is 1. The fourth-order valence-electron chi connectivity index (χ4n) is 3.09. The molecule has 0 bridgehead atoms. The number of anilines is 1. The first-order chi connectivity index (χ1) is 10.6. The van der Waals surface area contributed by atoms with Crippen LogP contribution in [-0.4, -0.2) is 17.4 Å². The fourth-order valence-corrected chi connectivity index (χ4v) is 3.71. The standard InChI is InChI=1S/C17H21N3OS/c1-12-19-15(10-22-12)13-5-4-6-14(9-13)20-16(21)17(11-18)7-2-3-8-17/h4-6,9-10H,2-3,7-8,11,18H2,1H3,(H,20,21). The molecule has 5 heteroatoms. The number of nitrogens with two attached hydrogens (primary N) is 1. The molecule has 1 aliphatic carbocycles. The number of benzene rings is 1. The van der Waals surface area contributed by atoms with Crippen LogP contribution in [0, 0.1) is 12.3 Å². The Morgan fingerprint density at radius 2 is 2.18 bits per heavy atom. The Hall–Kier alpha value is -1.72. The predicted molar refractivity (Wildman–Crippen MR) is 90.9 cm³/mol. The molecule has 0 radical (unpaired) electrons. The zero-order valence-corrected chi connectivity index (χ0v) is 13.6. The smallest absolute Gasteiger partial charge is 0.231 e. The molecule has 4 nitrogen and oxygen atoms in total. The normalized spacial score (nSPS) is 16.6. The number of amides is 1. The molecular weight excluding hydrogens is 294 g/mol. The Morgan fingerprint density at radius 1 is 1.41 bits per heavy atom. The van der Waals surface area contributed by atoms with Crippen molar-refractivity contribution in [3.05, 3.63) is 34.7 Å². The maximum absolute atomic E-state index is 12.6. The van der Waals surface area contributed by atoms with Crippen LogP contribution in [0.1, 0.15) is 30.7 Å². The maximum Gasteiger partial charge on any atom is 0.231 e. The summed E-state index contributed by atoms with van der Waals surface area (Å²) >= 11 is 1.63. The van der Waals surface area contributed by atoms with Crippen LogP contribution in [0.2, 0.25) is 0 Å². The summed E-state index contributed by atoms with van der Waals surface area (Å²) in [6, 6.07) is 7.85. The molecule has 0 spiro atoms. The first-order valence-electron chi connectivity index (χ1n) is 7.67. The number of thiazole rings is 1. The van der Waals surface area contributed by atoms with Crippen molar-refractivity contribution in [3.8, 4) is 11.3 Å². The number of nitrogens with zero attached hydrogens (tertiary/aromatic N) is 1. The Balaban J connectivity index is 1.79. The van der Waals surface area contributed by atoms with Gasteiger partial charge in [-0.3, -0.25) is 4.79 Å². The van der Waals surface area contributed by atoms with Gasteiger partial charge in [0.1, 0.15) is 0 Å². The van der Waals surface area contributed by atoms with Gasteiger partial charge in [-0.1, -0.05) is 25.0 Å². The first kappa shape index (κ1) is 15.2. The van der Waals surface area contributed by atoms with Gasteiger partial charge in [-0.05, 0) is 31.9 Å². The van der Waals surface area contributed by atoms with Gasteiger partial charge in [0.2, 0.25) is 5.91 Å². The summed E-state index contributed by atoms with van der Waals surface area (Å²) in [5, 5.41) is 6.12. The molecule has 0 aliphatic heterocycles. The van der Waals surface area contributed by atoms with E-state index in [1.54, 1.807) is 11.3 Å². The Labute approximate surface area is 134 Å². The number of hydrogen-bond donors (Lipinski definition) is 2. The van der Waals surface area contributed by atoms with Gasteiger partial charge in [-0.2, -0.15) is 0 Å². The second-order valence-corrected chi connectivity index (χ2v) is 7.04. The lowest BCUT2D eigenvalue weighted by molar-refractivity contribution is -0.124. The highest BCUT2D eigenvalue weighted by Gasteiger charge is 2.39. The largest absolute Gasteiger partial charge is 0.329 e. The minimum atomic E-state index is -0.382. The number of aromatic nitrogens is 1. The summed E-state index contributed by atoms with van der Waals surface area (Å²) in [6.45, 7) is 2.41. The minimum absolute atomic E-state index is 0.0547. The van der Waals surface area contributed by atoms with E-state index in [1.165, 1.54) is 0 Å². The van der Waals surface area contributed by atoms with E-state index in [0.29, 0.717) is 6.54 Å². The molecule has 0 saturated heterocycles. The van der Waals surface area contributed by atoms with Crippen LogP contribution in [0.5, 0.6) is 0 Å². The molecular formula is C17H21N3OS. The molecule has 0 unspecified atom stereocenters. The minimum Gasteiger partial charge on any atom is -0.329 e. The van der Waals surface area contributed by atoms with E-state index in [2.05, 4.69) is 10.3 Å². The van der Waals surface area contributed by atoms with Gasteiger partial charge in [-0.25, -0.2) is 4.98 Å². The van der Waals surface area contributed by atoms with E-state index in [-0.39, 0.29) is 11.3 Å². The summed E-state index contributed by atoms with van der Waals surface area (Å²) in [5.74, 6) is 0.0547. The number of carbonyl (C=O) groups excluding carboxylic acids is 1. The van der Waals surface area contributed by atoms with Crippen molar-refractivity contribution in [2.45, 2.75) is 32.6 Å². The van der Waals surface area contributed by atoms with Crippen molar-refractivity contribution in [2.75, 3.05) is 11.9 Å².